The highest BCUT2D eigenvalue weighted by atomic mass is 15.2. The molecule has 1 atom stereocenters. The minimum absolute atomic E-state index is 0.305. The number of nitriles is 1. The lowest BCUT2D eigenvalue weighted by molar-refractivity contribution is 0.463. The van der Waals surface area contributed by atoms with Crippen molar-refractivity contribution in [2.45, 2.75) is 25.8 Å². The van der Waals surface area contributed by atoms with E-state index in [0.29, 0.717) is 12.5 Å². The third-order valence-electron chi connectivity index (χ3n) is 3.30. The molecule has 0 aliphatic carbocycles. The molecule has 0 bridgehead atoms. The van der Waals surface area contributed by atoms with Gasteiger partial charge in [-0.05, 0) is 24.1 Å². The van der Waals surface area contributed by atoms with Crippen molar-refractivity contribution >= 4 is 5.69 Å². The molecule has 2 rings (SSSR count). The minimum atomic E-state index is 0.305. The summed E-state index contributed by atoms with van der Waals surface area (Å²) < 4.78 is 0. The van der Waals surface area contributed by atoms with E-state index >= 15 is 0 Å². The summed E-state index contributed by atoms with van der Waals surface area (Å²) >= 11 is 0. The van der Waals surface area contributed by atoms with Gasteiger partial charge in [-0.15, -0.1) is 0 Å². The molecule has 1 saturated heterocycles. The third-order valence-corrected chi connectivity index (χ3v) is 3.30. The fourth-order valence-corrected chi connectivity index (χ4v) is 2.25. The highest BCUT2D eigenvalue weighted by Gasteiger charge is 2.18. The van der Waals surface area contributed by atoms with Gasteiger partial charge in [0.25, 0.3) is 0 Å². The maximum Gasteiger partial charge on any atom is 0.0638 e. The van der Waals surface area contributed by atoms with Crippen LogP contribution in [0.1, 0.15) is 18.9 Å². The molecule has 1 aromatic carbocycles. The minimum Gasteiger partial charge on any atom is -0.369 e. The van der Waals surface area contributed by atoms with Crippen molar-refractivity contribution in [3.8, 4) is 6.07 Å². The van der Waals surface area contributed by atoms with E-state index in [4.69, 9.17) is 5.26 Å². The van der Waals surface area contributed by atoms with Gasteiger partial charge in [0.1, 0.15) is 0 Å². The van der Waals surface area contributed by atoms with Gasteiger partial charge in [0.05, 0.1) is 12.5 Å². The second kappa shape index (κ2) is 5.70. The highest BCUT2D eigenvalue weighted by Crippen LogP contribution is 2.17. The molecule has 1 aliphatic heterocycles. The molecular formula is C14H19N3. The predicted octanol–water partition coefficient (Wildman–Crippen LogP) is 1.94. The molecule has 1 unspecified atom stereocenters. The Morgan fingerprint density at radius 2 is 2.18 bits per heavy atom. The van der Waals surface area contributed by atoms with Crippen LogP contribution in [0.4, 0.5) is 5.69 Å². The number of aryl methyl sites for hydroxylation is 1. The zero-order chi connectivity index (χ0) is 12.1. The van der Waals surface area contributed by atoms with Crippen molar-refractivity contribution in [3.05, 3.63) is 29.8 Å². The Labute approximate surface area is 103 Å². The average Bonchev–Trinajstić information content (AvgIpc) is 2.40. The van der Waals surface area contributed by atoms with E-state index in [2.05, 4.69) is 47.5 Å². The SMILES string of the molecule is CCc1ccc(N2CCNC(CC#N)C2)cc1. The number of anilines is 1. The number of nitrogens with zero attached hydrogens (tertiary/aromatic N) is 2. The largest absolute Gasteiger partial charge is 0.369 e. The Morgan fingerprint density at radius 3 is 2.82 bits per heavy atom. The molecule has 1 heterocycles. The molecule has 3 heteroatoms. The lowest BCUT2D eigenvalue weighted by Gasteiger charge is -2.34. The van der Waals surface area contributed by atoms with Crippen molar-refractivity contribution in [1.82, 2.24) is 5.32 Å². The zero-order valence-corrected chi connectivity index (χ0v) is 10.3. The van der Waals surface area contributed by atoms with Gasteiger partial charge in [-0.1, -0.05) is 19.1 Å². The Hall–Kier alpha value is -1.53. The second-order valence-corrected chi connectivity index (χ2v) is 4.48. The van der Waals surface area contributed by atoms with Gasteiger partial charge in [-0.3, -0.25) is 0 Å². The third kappa shape index (κ3) is 2.98. The highest BCUT2D eigenvalue weighted by molar-refractivity contribution is 5.48. The number of rotatable bonds is 3. The quantitative estimate of drug-likeness (QED) is 0.861. The summed E-state index contributed by atoms with van der Waals surface area (Å²) in [5.41, 5.74) is 2.64. The number of hydrogen-bond acceptors (Lipinski definition) is 3. The second-order valence-electron chi connectivity index (χ2n) is 4.48. The number of benzene rings is 1. The van der Waals surface area contributed by atoms with Crippen LogP contribution in [-0.2, 0) is 6.42 Å². The Kier molecular flexibility index (Phi) is 4.00. The van der Waals surface area contributed by atoms with Crippen LogP contribution in [0.3, 0.4) is 0 Å². The summed E-state index contributed by atoms with van der Waals surface area (Å²) in [6, 6.07) is 11.3. The normalized spacial score (nSPS) is 20.0. The van der Waals surface area contributed by atoms with Crippen LogP contribution in [0.5, 0.6) is 0 Å². The molecule has 0 spiro atoms. The van der Waals surface area contributed by atoms with E-state index in [-0.39, 0.29) is 0 Å². The van der Waals surface area contributed by atoms with E-state index in [9.17, 15) is 0 Å². The number of nitrogens with one attached hydrogen (secondary N) is 1. The molecule has 1 fully saturated rings. The number of piperazine rings is 1. The topological polar surface area (TPSA) is 39.1 Å². The monoisotopic (exact) mass is 229 g/mol. The standard InChI is InChI=1S/C14H19N3/c1-2-12-3-5-14(6-4-12)17-10-9-16-13(11-17)7-8-15/h3-6,13,16H,2,7,9-11H2,1H3. The van der Waals surface area contributed by atoms with Gasteiger partial charge in [-0.2, -0.15) is 5.26 Å². The van der Waals surface area contributed by atoms with Gasteiger partial charge < -0.3 is 10.2 Å². The molecule has 0 radical (unpaired) electrons. The van der Waals surface area contributed by atoms with Gasteiger partial charge >= 0.3 is 0 Å². The van der Waals surface area contributed by atoms with Crippen molar-refractivity contribution < 1.29 is 0 Å². The van der Waals surface area contributed by atoms with Crippen LogP contribution >= 0.6 is 0 Å². The Bertz CT molecular complexity index is 391. The van der Waals surface area contributed by atoms with E-state index < -0.39 is 0 Å². The molecule has 3 nitrogen and oxygen atoms in total. The van der Waals surface area contributed by atoms with Gasteiger partial charge in [0.2, 0.25) is 0 Å². The van der Waals surface area contributed by atoms with Crippen molar-refractivity contribution in [1.29, 1.82) is 5.26 Å². The summed E-state index contributed by atoms with van der Waals surface area (Å²) in [7, 11) is 0. The lowest BCUT2D eigenvalue weighted by Crippen LogP contribution is -2.50. The van der Waals surface area contributed by atoms with Crippen LogP contribution < -0.4 is 10.2 Å². The summed E-state index contributed by atoms with van der Waals surface area (Å²) in [6.45, 7) is 5.08. The van der Waals surface area contributed by atoms with E-state index in [1.54, 1.807) is 0 Å². The Balaban J connectivity index is 2.03. The molecule has 1 aromatic rings. The average molecular weight is 229 g/mol. The lowest BCUT2D eigenvalue weighted by atomic mass is 10.1. The molecule has 0 amide bonds. The molecule has 0 saturated carbocycles. The summed E-state index contributed by atoms with van der Waals surface area (Å²) in [6.07, 6.45) is 1.67. The summed E-state index contributed by atoms with van der Waals surface area (Å²) in [5, 5.41) is 12.1. The smallest absolute Gasteiger partial charge is 0.0638 e. The van der Waals surface area contributed by atoms with Crippen LogP contribution in [0, 0.1) is 11.3 Å². The van der Waals surface area contributed by atoms with Gasteiger partial charge in [-0.25, -0.2) is 0 Å². The maximum atomic E-state index is 8.74. The Morgan fingerprint density at radius 1 is 1.41 bits per heavy atom. The summed E-state index contributed by atoms with van der Waals surface area (Å²) in [5.74, 6) is 0. The van der Waals surface area contributed by atoms with E-state index in [0.717, 1.165) is 26.1 Å². The number of hydrogen-bond donors (Lipinski definition) is 1. The first kappa shape index (κ1) is 11.9. The van der Waals surface area contributed by atoms with Gasteiger partial charge in [0, 0.05) is 31.4 Å². The first-order chi connectivity index (χ1) is 8.33. The van der Waals surface area contributed by atoms with Gasteiger partial charge in [0.15, 0.2) is 0 Å². The fraction of sp³-hybridized carbons (Fsp3) is 0.500. The van der Waals surface area contributed by atoms with Crippen molar-refractivity contribution in [3.63, 3.8) is 0 Å². The molecule has 90 valence electrons. The zero-order valence-electron chi connectivity index (χ0n) is 10.3. The first-order valence-electron chi connectivity index (χ1n) is 6.27. The maximum absolute atomic E-state index is 8.74. The van der Waals surface area contributed by atoms with Crippen molar-refractivity contribution in [2.24, 2.45) is 0 Å². The summed E-state index contributed by atoms with van der Waals surface area (Å²) in [4.78, 5) is 2.36. The van der Waals surface area contributed by atoms with Crippen molar-refractivity contribution in [2.75, 3.05) is 24.5 Å². The molecule has 0 aromatic heterocycles. The van der Waals surface area contributed by atoms with E-state index in [1.807, 2.05) is 0 Å². The van der Waals surface area contributed by atoms with Crippen LogP contribution in [-0.4, -0.2) is 25.7 Å². The van der Waals surface area contributed by atoms with Crippen LogP contribution in [0.15, 0.2) is 24.3 Å². The van der Waals surface area contributed by atoms with E-state index in [1.165, 1.54) is 11.3 Å². The first-order valence-corrected chi connectivity index (χ1v) is 6.27. The molecule has 1 aliphatic rings. The molecular weight excluding hydrogens is 210 g/mol. The molecule has 1 N–H and O–H groups in total. The predicted molar refractivity (Wildman–Crippen MR) is 70.1 cm³/mol. The fourth-order valence-electron chi connectivity index (χ4n) is 2.25. The van der Waals surface area contributed by atoms with Crippen LogP contribution in [0.2, 0.25) is 0 Å². The van der Waals surface area contributed by atoms with Crippen LogP contribution in [0.25, 0.3) is 0 Å². The molecule has 17 heavy (non-hydrogen) atoms.